The highest BCUT2D eigenvalue weighted by atomic mass is 16.1. The normalized spacial score (nSPS) is 12.7. The van der Waals surface area contributed by atoms with Gasteiger partial charge in [-0.3, -0.25) is 4.79 Å². The molecular weight excluding hydrogens is 234 g/mol. The van der Waals surface area contributed by atoms with Crippen LogP contribution in [0.2, 0.25) is 0 Å². The SMILES string of the molecule is CCCCC(CC)Cn1ccc2c(C=O)cccc21. The Hall–Kier alpha value is -1.57. The van der Waals surface area contributed by atoms with Crippen LogP contribution >= 0.6 is 0 Å². The maximum Gasteiger partial charge on any atom is 0.150 e. The molecule has 1 unspecified atom stereocenters. The average Bonchev–Trinajstić information content (AvgIpc) is 2.86. The predicted molar refractivity (Wildman–Crippen MR) is 80.6 cm³/mol. The smallest absolute Gasteiger partial charge is 0.150 e. The molecule has 0 spiro atoms. The van der Waals surface area contributed by atoms with E-state index in [1.165, 1.54) is 31.2 Å². The Morgan fingerprint density at radius 3 is 2.79 bits per heavy atom. The largest absolute Gasteiger partial charge is 0.347 e. The molecule has 0 aliphatic carbocycles. The molecule has 1 atom stereocenters. The lowest BCUT2D eigenvalue weighted by molar-refractivity contribution is 0.112. The van der Waals surface area contributed by atoms with Crippen LogP contribution in [0.5, 0.6) is 0 Å². The number of rotatable bonds is 7. The fraction of sp³-hybridized carbons (Fsp3) is 0.471. The van der Waals surface area contributed by atoms with Crippen molar-refractivity contribution in [3.63, 3.8) is 0 Å². The van der Waals surface area contributed by atoms with Crippen molar-refractivity contribution in [1.82, 2.24) is 4.57 Å². The van der Waals surface area contributed by atoms with E-state index >= 15 is 0 Å². The van der Waals surface area contributed by atoms with E-state index < -0.39 is 0 Å². The fourth-order valence-electron chi connectivity index (χ4n) is 2.70. The van der Waals surface area contributed by atoms with Crippen LogP contribution < -0.4 is 0 Å². The Kier molecular flexibility index (Phi) is 4.78. The molecule has 0 fully saturated rings. The van der Waals surface area contributed by atoms with Gasteiger partial charge in [-0.05, 0) is 24.5 Å². The minimum atomic E-state index is 0.732. The minimum Gasteiger partial charge on any atom is -0.347 e. The van der Waals surface area contributed by atoms with Crippen LogP contribution in [0.1, 0.15) is 49.9 Å². The number of hydrogen-bond donors (Lipinski definition) is 0. The second-order valence-corrected chi connectivity index (χ2v) is 5.28. The molecule has 0 saturated heterocycles. The summed E-state index contributed by atoms with van der Waals surface area (Å²) in [4.78, 5) is 11.0. The molecule has 19 heavy (non-hydrogen) atoms. The van der Waals surface area contributed by atoms with Gasteiger partial charge in [0.05, 0.1) is 0 Å². The highest BCUT2D eigenvalue weighted by molar-refractivity contribution is 5.97. The summed E-state index contributed by atoms with van der Waals surface area (Å²) < 4.78 is 2.30. The summed E-state index contributed by atoms with van der Waals surface area (Å²) in [6, 6.07) is 8.02. The van der Waals surface area contributed by atoms with E-state index in [-0.39, 0.29) is 0 Å². The number of hydrogen-bond acceptors (Lipinski definition) is 1. The van der Waals surface area contributed by atoms with E-state index in [0.717, 1.165) is 29.7 Å². The zero-order valence-corrected chi connectivity index (χ0v) is 11.9. The lowest BCUT2D eigenvalue weighted by Gasteiger charge is -2.16. The first-order valence-corrected chi connectivity index (χ1v) is 7.33. The summed E-state index contributed by atoms with van der Waals surface area (Å²) >= 11 is 0. The van der Waals surface area contributed by atoms with E-state index in [1.807, 2.05) is 12.1 Å². The minimum absolute atomic E-state index is 0.732. The number of aromatic nitrogens is 1. The Balaban J connectivity index is 2.23. The van der Waals surface area contributed by atoms with Crippen molar-refractivity contribution in [3.8, 4) is 0 Å². The Morgan fingerprint density at radius 1 is 1.26 bits per heavy atom. The van der Waals surface area contributed by atoms with Crippen molar-refractivity contribution >= 4 is 17.2 Å². The first-order chi connectivity index (χ1) is 9.30. The maximum absolute atomic E-state index is 11.0. The number of carbonyl (C=O) groups is 1. The molecule has 0 N–H and O–H groups in total. The number of nitrogens with zero attached hydrogens (tertiary/aromatic N) is 1. The van der Waals surface area contributed by atoms with Crippen molar-refractivity contribution in [3.05, 3.63) is 36.0 Å². The van der Waals surface area contributed by atoms with Crippen LogP contribution in [0.3, 0.4) is 0 Å². The third-order valence-electron chi connectivity index (χ3n) is 3.97. The average molecular weight is 257 g/mol. The van der Waals surface area contributed by atoms with Gasteiger partial charge in [0, 0.05) is 29.2 Å². The molecule has 0 bridgehead atoms. The van der Waals surface area contributed by atoms with E-state index in [9.17, 15) is 4.79 Å². The third kappa shape index (κ3) is 3.06. The number of fused-ring (bicyclic) bond motifs is 1. The highest BCUT2D eigenvalue weighted by Gasteiger charge is 2.10. The third-order valence-corrected chi connectivity index (χ3v) is 3.97. The van der Waals surface area contributed by atoms with Gasteiger partial charge in [0.2, 0.25) is 0 Å². The zero-order chi connectivity index (χ0) is 13.7. The van der Waals surface area contributed by atoms with E-state index in [2.05, 4.69) is 36.7 Å². The molecule has 1 aromatic heterocycles. The zero-order valence-electron chi connectivity index (χ0n) is 11.9. The molecule has 0 aliphatic rings. The molecular formula is C17H23NO. The maximum atomic E-state index is 11.0. The van der Waals surface area contributed by atoms with Gasteiger partial charge in [0.1, 0.15) is 0 Å². The van der Waals surface area contributed by atoms with Crippen LogP contribution in [-0.2, 0) is 6.54 Å². The van der Waals surface area contributed by atoms with E-state index in [0.29, 0.717) is 0 Å². The molecule has 2 aromatic rings. The van der Waals surface area contributed by atoms with Gasteiger partial charge in [-0.2, -0.15) is 0 Å². The lowest BCUT2D eigenvalue weighted by atomic mass is 9.99. The van der Waals surface area contributed by atoms with Gasteiger partial charge in [-0.1, -0.05) is 45.2 Å². The Bertz CT molecular complexity index is 541. The molecule has 0 aliphatic heterocycles. The quantitative estimate of drug-likeness (QED) is 0.661. The van der Waals surface area contributed by atoms with Gasteiger partial charge in [-0.25, -0.2) is 0 Å². The molecule has 2 rings (SSSR count). The van der Waals surface area contributed by atoms with Gasteiger partial charge < -0.3 is 4.57 Å². The van der Waals surface area contributed by atoms with Crippen molar-refractivity contribution in [2.45, 2.75) is 46.1 Å². The number of aldehydes is 1. The summed E-state index contributed by atoms with van der Waals surface area (Å²) in [6.07, 6.45) is 8.13. The summed E-state index contributed by atoms with van der Waals surface area (Å²) in [5, 5.41) is 1.07. The molecule has 102 valence electrons. The topological polar surface area (TPSA) is 22.0 Å². The summed E-state index contributed by atoms with van der Waals surface area (Å²) in [6.45, 7) is 5.57. The van der Waals surface area contributed by atoms with Crippen LogP contribution in [0.4, 0.5) is 0 Å². The number of benzene rings is 1. The van der Waals surface area contributed by atoms with Gasteiger partial charge in [0.15, 0.2) is 6.29 Å². The van der Waals surface area contributed by atoms with Gasteiger partial charge in [-0.15, -0.1) is 0 Å². The van der Waals surface area contributed by atoms with Crippen LogP contribution in [-0.4, -0.2) is 10.9 Å². The van der Waals surface area contributed by atoms with Gasteiger partial charge in [0.25, 0.3) is 0 Å². The summed E-state index contributed by atoms with van der Waals surface area (Å²) in [5.74, 6) is 0.732. The molecule has 2 nitrogen and oxygen atoms in total. The van der Waals surface area contributed by atoms with E-state index in [1.54, 1.807) is 0 Å². The molecule has 1 aromatic carbocycles. The van der Waals surface area contributed by atoms with Crippen molar-refractivity contribution in [2.24, 2.45) is 5.92 Å². The van der Waals surface area contributed by atoms with Crippen molar-refractivity contribution in [2.75, 3.05) is 0 Å². The summed E-state index contributed by atoms with van der Waals surface area (Å²) in [5.41, 5.74) is 1.97. The van der Waals surface area contributed by atoms with Crippen LogP contribution in [0.15, 0.2) is 30.5 Å². The molecule has 0 radical (unpaired) electrons. The van der Waals surface area contributed by atoms with Gasteiger partial charge >= 0.3 is 0 Å². The standard InChI is InChI=1S/C17H23NO/c1-3-5-7-14(4-2)12-18-11-10-16-15(13-19)8-6-9-17(16)18/h6,8-11,13-14H,3-5,7,12H2,1-2H3. The van der Waals surface area contributed by atoms with Crippen LogP contribution in [0.25, 0.3) is 10.9 Å². The van der Waals surface area contributed by atoms with E-state index in [4.69, 9.17) is 0 Å². The number of unbranched alkanes of at least 4 members (excludes halogenated alkanes) is 1. The van der Waals surface area contributed by atoms with Crippen molar-refractivity contribution in [1.29, 1.82) is 0 Å². The second kappa shape index (κ2) is 6.55. The molecule has 0 amide bonds. The van der Waals surface area contributed by atoms with Crippen LogP contribution in [0, 0.1) is 5.92 Å². The Labute approximate surface area is 115 Å². The second-order valence-electron chi connectivity index (χ2n) is 5.28. The fourth-order valence-corrected chi connectivity index (χ4v) is 2.70. The molecule has 0 saturated carbocycles. The first-order valence-electron chi connectivity index (χ1n) is 7.33. The monoisotopic (exact) mass is 257 g/mol. The highest BCUT2D eigenvalue weighted by Crippen LogP contribution is 2.22. The Morgan fingerprint density at radius 2 is 2.11 bits per heavy atom. The number of carbonyl (C=O) groups excluding carboxylic acids is 1. The van der Waals surface area contributed by atoms with Crippen molar-refractivity contribution < 1.29 is 4.79 Å². The molecule has 1 heterocycles. The first kappa shape index (κ1) is 13.9. The summed E-state index contributed by atoms with van der Waals surface area (Å²) in [7, 11) is 0. The predicted octanol–water partition coefficient (Wildman–Crippen LogP) is 4.67. The molecule has 2 heteroatoms. The lowest BCUT2D eigenvalue weighted by Crippen LogP contribution is -2.09.